The number of rotatable bonds is 3. The van der Waals surface area contributed by atoms with Crippen LogP contribution in [0.2, 0.25) is 0 Å². The molecule has 2 aliphatic rings. The Kier molecular flexibility index (Phi) is 3.46. The topological polar surface area (TPSA) is 92.5 Å². The number of hydrogen-bond donors (Lipinski definition) is 1. The van der Waals surface area contributed by atoms with E-state index in [1.807, 2.05) is 0 Å². The molecule has 0 saturated carbocycles. The lowest BCUT2D eigenvalue weighted by atomic mass is 9.97. The first-order valence-electron chi connectivity index (χ1n) is 6.94. The number of benzene rings is 1. The lowest BCUT2D eigenvalue weighted by Crippen LogP contribution is -2.48. The molecular formula is C13H17N3O4S. The molecule has 1 atom stereocenters. The van der Waals surface area contributed by atoms with Crippen LogP contribution in [0.4, 0.5) is 5.69 Å². The summed E-state index contributed by atoms with van der Waals surface area (Å²) in [7, 11) is -3.60. The quantitative estimate of drug-likeness (QED) is 0.667. The summed E-state index contributed by atoms with van der Waals surface area (Å²) in [6.45, 7) is 2.02. The van der Waals surface area contributed by atoms with Gasteiger partial charge in [0.25, 0.3) is 5.69 Å². The van der Waals surface area contributed by atoms with Gasteiger partial charge in [-0.3, -0.25) is 10.1 Å². The van der Waals surface area contributed by atoms with Crippen LogP contribution in [-0.4, -0.2) is 42.8 Å². The molecule has 0 aliphatic carbocycles. The maximum atomic E-state index is 12.8. The predicted molar refractivity (Wildman–Crippen MR) is 76.4 cm³/mol. The molecule has 1 spiro atoms. The second-order valence-electron chi connectivity index (χ2n) is 5.58. The van der Waals surface area contributed by atoms with Crippen molar-refractivity contribution in [2.24, 2.45) is 0 Å². The summed E-state index contributed by atoms with van der Waals surface area (Å²) in [5.41, 5.74) is -0.423. The smallest absolute Gasteiger partial charge is 0.269 e. The average Bonchev–Trinajstić information content (AvgIpc) is 3.10. The molecule has 114 valence electrons. The van der Waals surface area contributed by atoms with Crippen LogP contribution < -0.4 is 5.32 Å². The molecule has 3 rings (SSSR count). The fraction of sp³-hybridized carbons (Fsp3) is 0.538. The van der Waals surface area contributed by atoms with Crippen molar-refractivity contribution in [3.63, 3.8) is 0 Å². The highest BCUT2D eigenvalue weighted by atomic mass is 32.2. The van der Waals surface area contributed by atoms with E-state index in [1.54, 1.807) is 4.31 Å². The zero-order chi connectivity index (χ0) is 15.1. The molecule has 0 aromatic heterocycles. The molecule has 0 radical (unpaired) electrons. The lowest BCUT2D eigenvalue weighted by molar-refractivity contribution is -0.384. The van der Waals surface area contributed by atoms with Crippen LogP contribution in [-0.2, 0) is 10.0 Å². The first-order valence-corrected chi connectivity index (χ1v) is 8.38. The molecule has 21 heavy (non-hydrogen) atoms. The van der Waals surface area contributed by atoms with Gasteiger partial charge in [-0.05, 0) is 37.9 Å². The van der Waals surface area contributed by atoms with Crippen LogP contribution in [0.3, 0.4) is 0 Å². The summed E-state index contributed by atoms with van der Waals surface area (Å²) in [5, 5.41) is 13.9. The highest BCUT2D eigenvalue weighted by molar-refractivity contribution is 7.89. The third-order valence-electron chi connectivity index (χ3n) is 4.39. The van der Waals surface area contributed by atoms with Crippen LogP contribution in [0, 0.1) is 10.1 Å². The van der Waals surface area contributed by atoms with E-state index in [2.05, 4.69) is 5.32 Å². The van der Waals surface area contributed by atoms with Gasteiger partial charge < -0.3 is 5.32 Å². The number of non-ortho nitro benzene ring substituents is 1. The Balaban J connectivity index is 1.94. The molecule has 0 bridgehead atoms. The Hall–Kier alpha value is -1.51. The van der Waals surface area contributed by atoms with Crippen LogP contribution in [0.5, 0.6) is 0 Å². The van der Waals surface area contributed by atoms with Crippen molar-refractivity contribution in [1.29, 1.82) is 0 Å². The van der Waals surface area contributed by atoms with Gasteiger partial charge >= 0.3 is 0 Å². The first-order chi connectivity index (χ1) is 9.96. The Morgan fingerprint density at radius 3 is 2.52 bits per heavy atom. The minimum Gasteiger partial charge on any atom is -0.315 e. The molecule has 2 heterocycles. The van der Waals surface area contributed by atoms with E-state index in [4.69, 9.17) is 0 Å². The number of hydrogen-bond acceptors (Lipinski definition) is 5. The minimum absolute atomic E-state index is 0.104. The standard InChI is InChI=1S/C13H17N3O4S/c17-16(18)11-2-4-12(5-3-11)21(19,20)15-9-1-6-13(15)7-8-14-10-13/h2-5,14H,1,6-10H2. The average molecular weight is 311 g/mol. The number of sulfonamides is 1. The van der Waals surface area contributed by atoms with Gasteiger partial charge in [0.15, 0.2) is 0 Å². The Morgan fingerprint density at radius 1 is 1.24 bits per heavy atom. The van der Waals surface area contributed by atoms with E-state index >= 15 is 0 Å². The van der Waals surface area contributed by atoms with E-state index in [1.165, 1.54) is 24.3 Å². The molecule has 1 unspecified atom stereocenters. The van der Waals surface area contributed by atoms with Gasteiger partial charge in [-0.1, -0.05) is 0 Å². The zero-order valence-electron chi connectivity index (χ0n) is 11.5. The number of nitrogens with zero attached hydrogens (tertiary/aromatic N) is 2. The van der Waals surface area contributed by atoms with Gasteiger partial charge in [-0.25, -0.2) is 8.42 Å². The van der Waals surface area contributed by atoms with Crippen LogP contribution in [0.15, 0.2) is 29.2 Å². The molecule has 2 saturated heterocycles. The van der Waals surface area contributed by atoms with E-state index in [0.717, 1.165) is 25.8 Å². The van der Waals surface area contributed by atoms with Crippen molar-refractivity contribution >= 4 is 15.7 Å². The molecule has 8 heteroatoms. The van der Waals surface area contributed by atoms with Gasteiger partial charge in [0.05, 0.1) is 9.82 Å². The van der Waals surface area contributed by atoms with Gasteiger partial charge in [-0.2, -0.15) is 4.31 Å². The van der Waals surface area contributed by atoms with E-state index in [9.17, 15) is 18.5 Å². The maximum absolute atomic E-state index is 12.8. The fourth-order valence-corrected chi connectivity index (χ4v) is 5.17. The van der Waals surface area contributed by atoms with E-state index < -0.39 is 14.9 Å². The first kappa shape index (κ1) is 14.4. The van der Waals surface area contributed by atoms with Gasteiger partial charge in [0.1, 0.15) is 0 Å². The molecule has 1 aromatic rings. The predicted octanol–water partition coefficient (Wildman–Crippen LogP) is 1.11. The molecule has 1 aromatic carbocycles. The van der Waals surface area contributed by atoms with Crippen molar-refractivity contribution in [2.75, 3.05) is 19.6 Å². The van der Waals surface area contributed by atoms with Crippen LogP contribution in [0.1, 0.15) is 19.3 Å². The summed E-state index contributed by atoms with van der Waals surface area (Å²) in [4.78, 5) is 10.3. The molecule has 1 N–H and O–H groups in total. The van der Waals surface area contributed by atoms with Gasteiger partial charge in [0.2, 0.25) is 10.0 Å². The van der Waals surface area contributed by atoms with Crippen molar-refractivity contribution in [3.05, 3.63) is 34.4 Å². The monoisotopic (exact) mass is 311 g/mol. The largest absolute Gasteiger partial charge is 0.315 e. The second-order valence-corrected chi connectivity index (χ2v) is 7.45. The summed E-state index contributed by atoms with van der Waals surface area (Å²) >= 11 is 0. The highest BCUT2D eigenvalue weighted by Gasteiger charge is 2.49. The van der Waals surface area contributed by atoms with E-state index in [-0.39, 0.29) is 16.1 Å². The number of nitro benzene ring substituents is 1. The minimum atomic E-state index is -3.60. The van der Waals surface area contributed by atoms with Crippen LogP contribution in [0.25, 0.3) is 0 Å². The van der Waals surface area contributed by atoms with Gasteiger partial charge in [-0.15, -0.1) is 0 Å². The molecular weight excluding hydrogens is 294 g/mol. The van der Waals surface area contributed by atoms with Crippen LogP contribution >= 0.6 is 0 Å². The van der Waals surface area contributed by atoms with Crippen molar-refractivity contribution in [3.8, 4) is 0 Å². The van der Waals surface area contributed by atoms with E-state index in [0.29, 0.717) is 13.1 Å². The van der Waals surface area contributed by atoms with Crippen molar-refractivity contribution in [1.82, 2.24) is 9.62 Å². The Morgan fingerprint density at radius 2 is 1.95 bits per heavy atom. The summed E-state index contributed by atoms with van der Waals surface area (Å²) < 4.78 is 27.2. The summed E-state index contributed by atoms with van der Waals surface area (Å²) in [6, 6.07) is 5.12. The van der Waals surface area contributed by atoms with Crippen molar-refractivity contribution in [2.45, 2.75) is 29.7 Å². The lowest BCUT2D eigenvalue weighted by Gasteiger charge is -2.33. The summed E-state index contributed by atoms with van der Waals surface area (Å²) in [6.07, 6.45) is 2.54. The number of nitrogens with one attached hydrogen (secondary N) is 1. The van der Waals surface area contributed by atoms with Gasteiger partial charge in [0, 0.05) is 30.8 Å². The highest BCUT2D eigenvalue weighted by Crippen LogP contribution is 2.38. The fourth-order valence-electron chi connectivity index (χ4n) is 3.31. The zero-order valence-corrected chi connectivity index (χ0v) is 12.3. The third-order valence-corrected chi connectivity index (χ3v) is 6.41. The third kappa shape index (κ3) is 2.33. The SMILES string of the molecule is O=[N+]([O-])c1ccc(S(=O)(=O)N2CCCC23CCNC3)cc1. The maximum Gasteiger partial charge on any atom is 0.269 e. The normalized spacial score (nSPS) is 26.5. The molecule has 2 aliphatic heterocycles. The molecule has 2 fully saturated rings. The summed E-state index contributed by atoms with van der Waals surface area (Å²) in [5.74, 6) is 0. The Bertz CT molecular complexity index is 645. The number of nitro groups is 1. The molecule has 0 amide bonds. The van der Waals surface area contributed by atoms with Crippen molar-refractivity contribution < 1.29 is 13.3 Å². The molecule has 7 nitrogen and oxygen atoms in total. The Labute approximate surface area is 123 Å². The second kappa shape index (κ2) is 5.04.